The van der Waals surface area contributed by atoms with Gasteiger partial charge in [-0.15, -0.1) is 5.10 Å². The highest BCUT2D eigenvalue weighted by Crippen LogP contribution is 2.51. The third kappa shape index (κ3) is 4.27. The van der Waals surface area contributed by atoms with Crippen molar-refractivity contribution in [1.82, 2.24) is 19.9 Å². The minimum absolute atomic E-state index is 0.0643. The first-order valence-corrected chi connectivity index (χ1v) is 14.2. The summed E-state index contributed by atoms with van der Waals surface area (Å²) in [5.74, 6) is -0.912. The van der Waals surface area contributed by atoms with Crippen molar-refractivity contribution in [1.29, 1.82) is 5.26 Å². The summed E-state index contributed by atoms with van der Waals surface area (Å²) in [5, 5.41) is 33.1. The zero-order valence-corrected chi connectivity index (χ0v) is 22.3. The summed E-state index contributed by atoms with van der Waals surface area (Å²) in [6.45, 7) is 0.910. The number of fused-ring (bicyclic) bond motifs is 2. The maximum Gasteiger partial charge on any atom is 0.311 e. The van der Waals surface area contributed by atoms with Gasteiger partial charge in [-0.2, -0.15) is 5.26 Å². The van der Waals surface area contributed by atoms with E-state index < -0.39 is 29.4 Å². The lowest BCUT2D eigenvalue weighted by Crippen LogP contribution is -2.61. The van der Waals surface area contributed by atoms with Gasteiger partial charge >= 0.3 is 5.97 Å². The molecule has 6 rings (SSSR count). The second-order valence-corrected chi connectivity index (χ2v) is 11.7. The van der Waals surface area contributed by atoms with E-state index in [-0.39, 0.29) is 17.7 Å². The number of aliphatic hydroxyl groups excluding tert-OH is 1. The van der Waals surface area contributed by atoms with E-state index in [0.29, 0.717) is 38.3 Å². The maximum atomic E-state index is 14.0. The number of benzene rings is 1. The van der Waals surface area contributed by atoms with Gasteiger partial charge in [0.1, 0.15) is 0 Å². The van der Waals surface area contributed by atoms with Gasteiger partial charge in [-0.25, -0.2) is 0 Å². The molecular formula is C29H36N6O4. The molecule has 1 amide bonds. The molecule has 1 saturated heterocycles. The number of rotatable bonds is 6. The fraction of sp³-hybridized carbons (Fsp3) is 0.621. The van der Waals surface area contributed by atoms with E-state index in [4.69, 9.17) is 4.74 Å². The largest absolute Gasteiger partial charge is 0.469 e. The zero-order valence-electron chi connectivity index (χ0n) is 22.3. The Morgan fingerprint density at radius 3 is 2.82 bits per heavy atom. The van der Waals surface area contributed by atoms with Crippen LogP contribution in [0.2, 0.25) is 0 Å². The Balaban J connectivity index is 1.36. The highest BCUT2D eigenvalue weighted by molar-refractivity contribution is 6.07. The van der Waals surface area contributed by atoms with Crippen molar-refractivity contribution in [3.8, 4) is 6.19 Å². The van der Waals surface area contributed by atoms with Crippen molar-refractivity contribution < 1.29 is 19.4 Å². The lowest BCUT2D eigenvalue weighted by Gasteiger charge is -2.52. The normalized spacial score (nSPS) is 32.3. The van der Waals surface area contributed by atoms with E-state index in [1.54, 1.807) is 4.90 Å². The molecule has 0 bridgehead atoms. The van der Waals surface area contributed by atoms with Crippen LogP contribution in [0, 0.1) is 29.2 Å². The van der Waals surface area contributed by atoms with Gasteiger partial charge < -0.3 is 20.1 Å². The molecule has 0 unspecified atom stereocenters. The van der Waals surface area contributed by atoms with Gasteiger partial charge in [0.15, 0.2) is 6.19 Å². The van der Waals surface area contributed by atoms with Gasteiger partial charge in [-0.05, 0) is 62.0 Å². The molecule has 3 fully saturated rings. The molecule has 10 nitrogen and oxygen atoms in total. The van der Waals surface area contributed by atoms with Crippen molar-refractivity contribution in [2.45, 2.75) is 81.4 Å². The zero-order chi connectivity index (χ0) is 27.1. The van der Waals surface area contributed by atoms with E-state index >= 15 is 0 Å². The molecule has 206 valence electrons. The number of ether oxygens (including phenoxy) is 1. The molecule has 1 aromatic heterocycles. The second kappa shape index (κ2) is 10.3. The Bertz CT molecular complexity index is 1280. The Hall–Kier alpha value is -3.45. The first kappa shape index (κ1) is 25.8. The Kier molecular flexibility index (Phi) is 6.79. The Morgan fingerprint density at radius 1 is 1.26 bits per heavy atom. The van der Waals surface area contributed by atoms with Crippen molar-refractivity contribution >= 4 is 17.6 Å². The number of nitrogens with zero attached hydrogens (tertiary/aromatic N) is 5. The number of aromatic nitrogens is 3. The number of piperidine rings is 1. The average Bonchev–Trinajstić information content (AvgIpc) is 3.70. The minimum atomic E-state index is -1.03. The molecule has 3 heterocycles. The number of aryl methyl sites for hydroxylation is 1. The number of anilines is 1. The van der Waals surface area contributed by atoms with Gasteiger partial charge in [0.25, 0.3) is 0 Å². The van der Waals surface area contributed by atoms with E-state index in [2.05, 4.69) is 21.8 Å². The summed E-state index contributed by atoms with van der Waals surface area (Å²) in [6, 6.07) is 7.19. The van der Waals surface area contributed by atoms with Gasteiger partial charge in [-0.3, -0.25) is 14.3 Å². The second-order valence-electron chi connectivity index (χ2n) is 11.7. The molecule has 2 aliphatic heterocycles. The number of aliphatic hydroxyl groups is 1. The van der Waals surface area contributed by atoms with Crippen LogP contribution in [-0.4, -0.2) is 62.7 Å². The number of amides is 1. The minimum Gasteiger partial charge on any atom is -0.469 e. The number of carbonyl (C=O) groups is 2. The number of nitrogens with one attached hydrogen (secondary N) is 1. The van der Waals surface area contributed by atoms with Crippen LogP contribution in [0.3, 0.4) is 0 Å². The standard InChI is InChI=1S/C29H36N6O4/c1-39-27(37)26-20-14-25(34(17-30)15-19(20)10-11-24(26)36)29(21-8-4-5-9-22(21)31-28(29)38)12-13-35-16-23(32-33-35)18-6-2-3-7-18/h4-5,8-9,16,18-20,24-26,36H,2-3,6-7,10-15H2,1H3,(H,31,38)/t19-,20-,24-,25-,26+,29-/m0/s1. The van der Waals surface area contributed by atoms with Crippen LogP contribution in [0.25, 0.3) is 0 Å². The number of para-hydroxylation sites is 1. The summed E-state index contributed by atoms with van der Waals surface area (Å²) < 4.78 is 6.93. The SMILES string of the molecule is COC(=O)[C@@H]1[C@H]2C[C@@H]([C@@]3(CCn4cc(C5CCCC5)nn4)C(=O)Nc4ccccc43)N(C#N)C[C@@H]2CC[C@@H]1O. The molecule has 2 saturated carbocycles. The fourth-order valence-electron chi connectivity index (χ4n) is 7.94. The predicted molar refractivity (Wildman–Crippen MR) is 141 cm³/mol. The van der Waals surface area contributed by atoms with Gasteiger partial charge in [0, 0.05) is 30.9 Å². The highest BCUT2D eigenvalue weighted by Gasteiger charge is 2.58. The van der Waals surface area contributed by atoms with Crippen LogP contribution in [0.4, 0.5) is 5.69 Å². The maximum absolute atomic E-state index is 14.0. The summed E-state index contributed by atoms with van der Waals surface area (Å²) in [6.07, 6.45) is 10.4. The molecule has 2 aliphatic carbocycles. The summed E-state index contributed by atoms with van der Waals surface area (Å²) in [7, 11) is 1.35. The topological polar surface area (TPSA) is 133 Å². The van der Waals surface area contributed by atoms with Crippen molar-refractivity contribution in [2.75, 3.05) is 19.0 Å². The summed E-state index contributed by atoms with van der Waals surface area (Å²) >= 11 is 0. The van der Waals surface area contributed by atoms with E-state index in [0.717, 1.165) is 36.2 Å². The quantitative estimate of drug-likeness (QED) is 0.429. The first-order valence-electron chi connectivity index (χ1n) is 14.2. The van der Waals surface area contributed by atoms with Crippen molar-refractivity contribution in [3.05, 3.63) is 41.7 Å². The molecule has 0 radical (unpaired) electrons. The van der Waals surface area contributed by atoms with E-state index in [9.17, 15) is 20.0 Å². The van der Waals surface area contributed by atoms with Crippen LogP contribution in [0.5, 0.6) is 0 Å². The number of carbonyl (C=O) groups excluding carboxylic acids is 2. The van der Waals surface area contributed by atoms with Crippen LogP contribution < -0.4 is 5.32 Å². The smallest absolute Gasteiger partial charge is 0.311 e. The number of esters is 1. The predicted octanol–water partition coefficient (Wildman–Crippen LogP) is 2.95. The number of likely N-dealkylation sites (tertiary alicyclic amines) is 1. The fourth-order valence-corrected chi connectivity index (χ4v) is 7.94. The van der Waals surface area contributed by atoms with E-state index in [1.807, 2.05) is 35.1 Å². The van der Waals surface area contributed by atoms with Crippen molar-refractivity contribution in [3.63, 3.8) is 0 Å². The lowest BCUT2D eigenvalue weighted by atomic mass is 9.60. The Labute approximate surface area is 228 Å². The number of hydrogen-bond acceptors (Lipinski definition) is 8. The molecule has 4 aliphatic rings. The van der Waals surface area contributed by atoms with Gasteiger partial charge in [0.05, 0.1) is 36.3 Å². The molecule has 2 aromatic rings. The van der Waals surface area contributed by atoms with E-state index in [1.165, 1.54) is 20.0 Å². The number of methoxy groups -OCH3 is 1. The van der Waals surface area contributed by atoms with Crippen LogP contribution in [-0.2, 0) is 26.3 Å². The highest BCUT2D eigenvalue weighted by atomic mass is 16.5. The number of hydrogen-bond donors (Lipinski definition) is 2. The Morgan fingerprint density at radius 2 is 2.05 bits per heavy atom. The van der Waals surface area contributed by atoms with Gasteiger partial charge in [-0.1, -0.05) is 36.3 Å². The van der Waals surface area contributed by atoms with Crippen LogP contribution >= 0.6 is 0 Å². The summed E-state index contributed by atoms with van der Waals surface area (Å²) in [4.78, 5) is 28.6. The van der Waals surface area contributed by atoms with Crippen LogP contribution in [0.1, 0.15) is 68.5 Å². The monoisotopic (exact) mass is 532 g/mol. The average molecular weight is 533 g/mol. The summed E-state index contributed by atoms with van der Waals surface area (Å²) in [5.41, 5.74) is 1.59. The molecule has 10 heteroatoms. The molecule has 39 heavy (non-hydrogen) atoms. The van der Waals surface area contributed by atoms with Crippen molar-refractivity contribution in [2.24, 2.45) is 17.8 Å². The third-order valence-electron chi connectivity index (χ3n) is 9.91. The molecule has 0 spiro atoms. The molecule has 6 atom stereocenters. The molecule has 2 N–H and O–H groups in total. The van der Waals surface area contributed by atoms with Gasteiger partial charge in [0.2, 0.25) is 5.91 Å². The molecular weight excluding hydrogens is 496 g/mol. The lowest BCUT2D eigenvalue weighted by molar-refractivity contribution is -0.160. The molecule has 1 aromatic carbocycles. The van der Waals surface area contributed by atoms with Crippen LogP contribution in [0.15, 0.2) is 30.5 Å². The number of nitriles is 1. The first-order chi connectivity index (χ1) is 19.0. The third-order valence-corrected chi connectivity index (χ3v) is 9.91.